The summed E-state index contributed by atoms with van der Waals surface area (Å²) < 4.78 is 8.19. The van der Waals surface area contributed by atoms with Gasteiger partial charge in [-0.1, -0.05) is 6.07 Å². The fraction of sp³-hybridized carbons (Fsp3) is 0.143. The Morgan fingerprint density at radius 3 is 3.18 bits per heavy atom. The van der Waals surface area contributed by atoms with Crippen molar-refractivity contribution >= 4 is 29.0 Å². The van der Waals surface area contributed by atoms with Crippen LogP contribution in [0, 0.1) is 6.92 Å². The van der Waals surface area contributed by atoms with Crippen molar-refractivity contribution in [1.82, 2.24) is 0 Å². The molecule has 1 aromatic rings. The molecule has 0 N–H and O–H groups in total. The third kappa shape index (κ3) is 1.36. The van der Waals surface area contributed by atoms with Gasteiger partial charge < -0.3 is 0 Å². The molecule has 1 aliphatic heterocycles. The van der Waals surface area contributed by atoms with Gasteiger partial charge in [0, 0.05) is 11.9 Å². The summed E-state index contributed by atoms with van der Waals surface area (Å²) in [6.45, 7) is 2.07. The van der Waals surface area contributed by atoms with Crippen molar-refractivity contribution in [2.45, 2.75) is 11.8 Å². The lowest BCUT2D eigenvalue weighted by atomic mass is 10.2. The van der Waals surface area contributed by atoms with E-state index in [4.69, 9.17) is 0 Å². The van der Waals surface area contributed by atoms with Crippen molar-refractivity contribution in [3.8, 4) is 0 Å². The van der Waals surface area contributed by atoms with Gasteiger partial charge in [0.15, 0.2) is 0 Å². The zero-order valence-corrected chi connectivity index (χ0v) is 7.58. The van der Waals surface area contributed by atoms with Crippen molar-refractivity contribution in [2.24, 2.45) is 8.13 Å². The monoisotopic (exact) mass is 182 g/mol. The Morgan fingerprint density at radius 1 is 1.36 bits per heavy atom. The van der Waals surface area contributed by atoms with Gasteiger partial charge >= 0.3 is 0 Å². The molecule has 1 heterocycles. The lowest BCUT2D eigenvalue weighted by Gasteiger charge is -2.02. The highest BCUT2D eigenvalue weighted by atomic mass is 32.2. The van der Waals surface area contributed by atoms with E-state index in [-0.39, 0.29) is 0 Å². The number of hydrogen-bond donors (Lipinski definition) is 0. The predicted octanol–water partition coefficient (Wildman–Crippen LogP) is 3.10. The van der Waals surface area contributed by atoms with Gasteiger partial charge in [0.25, 0.3) is 0 Å². The minimum atomic E-state index is 1.04. The molecule has 2 nitrogen and oxygen atoms in total. The second kappa shape index (κ2) is 2.79. The van der Waals surface area contributed by atoms with Crippen LogP contribution in [0.1, 0.15) is 5.56 Å². The second-order valence-electron chi connectivity index (χ2n) is 2.31. The zero-order chi connectivity index (χ0) is 7.68. The number of aryl methyl sites for hydroxylation is 1. The summed E-state index contributed by atoms with van der Waals surface area (Å²) in [5, 5.41) is 0. The Labute approximate surface area is 73.0 Å². The highest BCUT2D eigenvalue weighted by Crippen LogP contribution is 2.33. The summed E-state index contributed by atoms with van der Waals surface area (Å²) in [5.41, 5.74) is 2.30. The molecule has 0 aromatic heterocycles. The molecule has 0 saturated carbocycles. The smallest absolute Gasteiger partial charge is 0.0930 e. The van der Waals surface area contributed by atoms with Crippen LogP contribution in [-0.4, -0.2) is 0 Å². The van der Waals surface area contributed by atoms with Gasteiger partial charge in [0.1, 0.15) is 0 Å². The van der Waals surface area contributed by atoms with Crippen molar-refractivity contribution in [2.75, 3.05) is 0 Å². The highest BCUT2D eigenvalue weighted by molar-refractivity contribution is 8.01. The number of nitrogens with zero attached hydrogens (tertiary/aromatic N) is 2. The molecular weight excluding hydrogens is 176 g/mol. The van der Waals surface area contributed by atoms with Gasteiger partial charge in [-0.3, -0.25) is 0 Å². The Hall–Kier alpha value is -0.610. The average molecular weight is 182 g/mol. The minimum Gasteiger partial charge on any atom is -0.174 e. The van der Waals surface area contributed by atoms with Crippen LogP contribution in [-0.2, 0) is 11.4 Å². The van der Waals surface area contributed by atoms with Crippen LogP contribution in [0.15, 0.2) is 31.2 Å². The van der Waals surface area contributed by atoms with Crippen LogP contribution in [0.3, 0.4) is 0 Å². The molecule has 0 amide bonds. The lowest BCUT2D eigenvalue weighted by Crippen LogP contribution is -1.77. The molecule has 0 atom stereocenters. The molecule has 1 aromatic carbocycles. The topological polar surface area (TPSA) is 24.7 Å². The molecule has 1 aliphatic rings. The van der Waals surface area contributed by atoms with Crippen molar-refractivity contribution < 1.29 is 0 Å². The molecule has 11 heavy (non-hydrogen) atoms. The maximum Gasteiger partial charge on any atom is 0.0930 e. The summed E-state index contributed by atoms with van der Waals surface area (Å²) in [7, 11) is 0. The van der Waals surface area contributed by atoms with Crippen molar-refractivity contribution in [1.29, 1.82) is 0 Å². The second-order valence-corrected chi connectivity index (χ2v) is 3.87. The fourth-order valence-electron chi connectivity index (χ4n) is 0.887. The Morgan fingerprint density at radius 2 is 2.27 bits per heavy atom. The van der Waals surface area contributed by atoms with E-state index in [2.05, 4.69) is 27.2 Å². The summed E-state index contributed by atoms with van der Waals surface area (Å²) in [6, 6.07) is 6.20. The highest BCUT2D eigenvalue weighted by Gasteiger charge is 2.03. The summed E-state index contributed by atoms with van der Waals surface area (Å²) in [5.74, 6) is 0. The standard InChI is InChI=1S/C7H6N2S2/c1-5-2-3-6-7(4-5)10-9-11-8-6/h2-4H,1H3. The number of rotatable bonds is 0. The summed E-state index contributed by atoms with van der Waals surface area (Å²) >= 11 is 2.75. The molecule has 0 bridgehead atoms. The molecule has 0 fully saturated rings. The quantitative estimate of drug-likeness (QED) is 0.566. The Balaban J connectivity index is 2.60. The van der Waals surface area contributed by atoms with Gasteiger partial charge in [-0.25, -0.2) is 0 Å². The minimum absolute atomic E-state index is 1.04. The maximum atomic E-state index is 4.16. The molecule has 0 radical (unpaired) electrons. The van der Waals surface area contributed by atoms with E-state index >= 15 is 0 Å². The third-order valence-corrected chi connectivity index (χ3v) is 2.79. The molecule has 2 rings (SSSR count). The van der Waals surface area contributed by atoms with E-state index in [0.717, 1.165) is 10.6 Å². The molecule has 0 unspecified atom stereocenters. The van der Waals surface area contributed by atoms with Gasteiger partial charge in [0.2, 0.25) is 0 Å². The van der Waals surface area contributed by atoms with Crippen LogP contribution >= 0.6 is 11.9 Å². The zero-order valence-electron chi connectivity index (χ0n) is 5.94. The first-order valence-corrected chi connectivity index (χ1v) is 4.72. The van der Waals surface area contributed by atoms with Crippen LogP contribution in [0.2, 0.25) is 0 Å². The Bertz CT molecular complexity index is 353. The fourth-order valence-corrected chi connectivity index (χ4v) is 2.23. The lowest BCUT2D eigenvalue weighted by molar-refractivity contribution is 1.33. The molecule has 0 saturated heterocycles. The molecule has 4 heteroatoms. The number of benzene rings is 1. The molecular formula is C7H6N2S2. The first-order valence-electron chi connectivity index (χ1n) is 3.21. The number of fused-ring (bicyclic) bond motifs is 1. The van der Waals surface area contributed by atoms with Crippen LogP contribution in [0.25, 0.3) is 0 Å². The SMILES string of the molecule is Cc1ccc2c(c1)SN=S=N2. The first kappa shape index (κ1) is 7.06. The average Bonchev–Trinajstić information content (AvgIpc) is 2.04. The Kier molecular flexibility index (Phi) is 1.79. The van der Waals surface area contributed by atoms with E-state index in [1.165, 1.54) is 28.9 Å². The largest absolute Gasteiger partial charge is 0.174 e. The van der Waals surface area contributed by atoms with Crippen LogP contribution in [0.5, 0.6) is 0 Å². The summed E-state index contributed by atoms with van der Waals surface area (Å²) in [4.78, 5) is 1.16. The third-order valence-electron chi connectivity index (χ3n) is 1.42. The maximum absolute atomic E-state index is 4.16. The molecule has 0 spiro atoms. The molecule has 56 valence electrons. The van der Waals surface area contributed by atoms with Gasteiger partial charge in [-0.2, -0.15) is 4.36 Å². The first-order chi connectivity index (χ1) is 5.36. The van der Waals surface area contributed by atoms with Crippen molar-refractivity contribution in [3.05, 3.63) is 23.8 Å². The van der Waals surface area contributed by atoms with Gasteiger partial charge in [0.05, 0.1) is 21.9 Å². The van der Waals surface area contributed by atoms with E-state index in [1.54, 1.807) is 0 Å². The van der Waals surface area contributed by atoms with Gasteiger partial charge in [-0.15, -0.1) is 3.77 Å². The van der Waals surface area contributed by atoms with Crippen LogP contribution < -0.4 is 0 Å². The molecule has 0 aliphatic carbocycles. The summed E-state index contributed by atoms with van der Waals surface area (Å²) in [6.07, 6.45) is 0. The van der Waals surface area contributed by atoms with E-state index < -0.39 is 0 Å². The van der Waals surface area contributed by atoms with E-state index in [9.17, 15) is 0 Å². The number of hydrogen-bond acceptors (Lipinski definition) is 3. The van der Waals surface area contributed by atoms with E-state index in [0.29, 0.717) is 0 Å². The normalized spacial score (nSPS) is 13.9. The van der Waals surface area contributed by atoms with Gasteiger partial charge in [-0.05, 0) is 24.6 Å². The van der Waals surface area contributed by atoms with Crippen LogP contribution in [0.4, 0.5) is 5.69 Å². The predicted molar refractivity (Wildman–Crippen MR) is 48.9 cm³/mol. The van der Waals surface area contributed by atoms with Crippen molar-refractivity contribution in [3.63, 3.8) is 0 Å². The van der Waals surface area contributed by atoms with E-state index in [1.807, 2.05) is 6.07 Å².